The molecule has 2 aromatic rings. The molecule has 0 unspecified atom stereocenters. The van der Waals surface area contributed by atoms with Crippen LogP contribution in [0.25, 0.3) is 0 Å². The fourth-order valence-electron chi connectivity index (χ4n) is 1.89. The van der Waals surface area contributed by atoms with Crippen molar-refractivity contribution < 1.29 is 9.47 Å². The molecular formula is C18H19ClN2O2. The van der Waals surface area contributed by atoms with Gasteiger partial charge in [-0.1, -0.05) is 36.4 Å². The first-order valence-corrected chi connectivity index (χ1v) is 7.53. The minimum atomic E-state index is 0.437. The highest BCUT2D eigenvalue weighted by molar-refractivity contribution is 6.30. The van der Waals surface area contributed by atoms with Gasteiger partial charge in [0.2, 0.25) is 0 Å². The molecule has 0 fully saturated rings. The third-order valence-electron chi connectivity index (χ3n) is 3.05. The van der Waals surface area contributed by atoms with E-state index in [2.05, 4.69) is 17.1 Å². The molecule has 0 aliphatic carbocycles. The first-order valence-electron chi connectivity index (χ1n) is 7.15. The average Bonchev–Trinajstić information content (AvgIpc) is 2.58. The lowest BCUT2D eigenvalue weighted by molar-refractivity contribution is 0.326. The fraction of sp³-hybridized carbons (Fsp3) is 0.167. The maximum atomic E-state index is 5.85. The summed E-state index contributed by atoms with van der Waals surface area (Å²) in [6.07, 6.45) is 3.42. The van der Waals surface area contributed by atoms with E-state index >= 15 is 0 Å². The molecule has 0 heterocycles. The number of nitrogens with zero attached hydrogens (tertiary/aromatic N) is 1. The molecule has 0 aliphatic heterocycles. The van der Waals surface area contributed by atoms with Crippen LogP contribution in [0.5, 0.6) is 11.5 Å². The highest BCUT2D eigenvalue weighted by atomic mass is 35.5. The van der Waals surface area contributed by atoms with Crippen molar-refractivity contribution in [3.05, 3.63) is 71.3 Å². The summed E-state index contributed by atoms with van der Waals surface area (Å²) in [5.74, 6) is 1.34. The summed E-state index contributed by atoms with van der Waals surface area (Å²) in [4.78, 5) is 0. The van der Waals surface area contributed by atoms with Crippen LogP contribution < -0.4 is 14.9 Å². The van der Waals surface area contributed by atoms with Crippen molar-refractivity contribution in [2.24, 2.45) is 5.10 Å². The smallest absolute Gasteiger partial charge is 0.161 e. The summed E-state index contributed by atoms with van der Waals surface area (Å²) in [6, 6.07) is 13.3. The van der Waals surface area contributed by atoms with Crippen LogP contribution in [0.1, 0.15) is 11.1 Å². The van der Waals surface area contributed by atoms with Gasteiger partial charge in [0.15, 0.2) is 11.5 Å². The quantitative estimate of drug-likeness (QED) is 0.451. The Morgan fingerprint density at radius 1 is 1.17 bits per heavy atom. The van der Waals surface area contributed by atoms with E-state index in [1.165, 1.54) is 0 Å². The molecule has 120 valence electrons. The van der Waals surface area contributed by atoms with Crippen molar-refractivity contribution in [2.75, 3.05) is 13.7 Å². The number of hydrazone groups is 1. The molecule has 4 nitrogen and oxygen atoms in total. The molecule has 2 aromatic carbocycles. The molecule has 2 rings (SSSR count). The number of ether oxygens (including phenoxy) is 2. The predicted molar refractivity (Wildman–Crippen MR) is 94.6 cm³/mol. The Kier molecular flexibility index (Phi) is 6.51. The summed E-state index contributed by atoms with van der Waals surface area (Å²) >= 11 is 5.85. The zero-order valence-corrected chi connectivity index (χ0v) is 13.7. The number of rotatable bonds is 8. The van der Waals surface area contributed by atoms with Crippen LogP contribution >= 0.6 is 11.6 Å². The Bertz CT molecular complexity index is 669. The molecule has 0 aromatic heterocycles. The summed E-state index contributed by atoms with van der Waals surface area (Å²) < 4.78 is 10.8. The first kappa shape index (κ1) is 16.9. The summed E-state index contributed by atoms with van der Waals surface area (Å²) in [5, 5.41) is 4.93. The van der Waals surface area contributed by atoms with Gasteiger partial charge in [-0.25, -0.2) is 0 Å². The zero-order chi connectivity index (χ0) is 16.5. The summed E-state index contributed by atoms with van der Waals surface area (Å²) in [5.41, 5.74) is 5.02. The maximum Gasteiger partial charge on any atom is 0.161 e. The van der Waals surface area contributed by atoms with Crippen molar-refractivity contribution in [1.29, 1.82) is 0 Å². The first-order chi connectivity index (χ1) is 11.2. The highest BCUT2D eigenvalue weighted by Crippen LogP contribution is 2.27. The number of methoxy groups -OCH3 is 1. The molecular weight excluding hydrogens is 312 g/mol. The predicted octanol–water partition coefficient (Wildman–Crippen LogP) is 4.04. The Labute approximate surface area is 141 Å². The number of hydrogen-bond donors (Lipinski definition) is 1. The molecule has 0 atom stereocenters. The van der Waals surface area contributed by atoms with E-state index in [1.807, 2.05) is 42.5 Å². The van der Waals surface area contributed by atoms with Crippen LogP contribution in [0, 0.1) is 0 Å². The number of halogens is 1. The molecule has 0 amide bonds. The van der Waals surface area contributed by atoms with E-state index in [9.17, 15) is 0 Å². The van der Waals surface area contributed by atoms with Gasteiger partial charge >= 0.3 is 0 Å². The molecule has 0 bridgehead atoms. The van der Waals surface area contributed by atoms with Gasteiger partial charge in [0.1, 0.15) is 6.61 Å². The highest BCUT2D eigenvalue weighted by Gasteiger charge is 2.04. The van der Waals surface area contributed by atoms with Crippen molar-refractivity contribution in [3.63, 3.8) is 0 Å². The number of hydrogen-bond acceptors (Lipinski definition) is 4. The molecule has 1 N–H and O–H groups in total. The van der Waals surface area contributed by atoms with Crippen molar-refractivity contribution in [2.45, 2.75) is 6.54 Å². The Morgan fingerprint density at radius 3 is 2.65 bits per heavy atom. The van der Waals surface area contributed by atoms with Gasteiger partial charge in [-0.2, -0.15) is 5.10 Å². The number of nitrogens with one attached hydrogen (secondary N) is 1. The molecule has 5 heteroatoms. The van der Waals surface area contributed by atoms with Crippen LogP contribution in [0.15, 0.2) is 60.2 Å². The molecule has 23 heavy (non-hydrogen) atoms. The standard InChI is InChI=1S/C18H19ClN2O2/c1-3-10-23-17-9-6-15(11-18(17)22-2)13-21-20-12-14-4-7-16(19)8-5-14/h3-9,11,13,20H,1,10,12H2,2H3/b21-13-. The topological polar surface area (TPSA) is 42.8 Å². The Morgan fingerprint density at radius 2 is 1.96 bits per heavy atom. The van der Waals surface area contributed by atoms with Crippen LogP contribution in [-0.2, 0) is 6.54 Å². The lowest BCUT2D eigenvalue weighted by Crippen LogP contribution is -2.05. The van der Waals surface area contributed by atoms with Gasteiger partial charge in [-0.15, -0.1) is 0 Å². The zero-order valence-electron chi connectivity index (χ0n) is 13.0. The molecule has 0 aliphatic rings. The molecule has 0 saturated carbocycles. The second kappa shape index (κ2) is 8.86. The lowest BCUT2D eigenvalue weighted by atomic mass is 10.2. The van der Waals surface area contributed by atoms with Crippen LogP contribution in [0.4, 0.5) is 0 Å². The average molecular weight is 331 g/mol. The molecule has 0 saturated heterocycles. The molecule has 0 spiro atoms. The van der Waals surface area contributed by atoms with E-state index in [0.29, 0.717) is 24.7 Å². The minimum absolute atomic E-state index is 0.437. The van der Waals surface area contributed by atoms with Gasteiger partial charge in [0.25, 0.3) is 0 Å². The third kappa shape index (κ3) is 5.34. The van der Waals surface area contributed by atoms with Crippen LogP contribution in [0.3, 0.4) is 0 Å². The van der Waals surface area contributed by atoms with Gasteiger partial charge in [0, 0.05) is 5.02 Å². The fourth-order valence-corrected chi connectivity index (χ4v) is 2.02. The second-order valence-corrected chi connectivity index (χ2v) is 5.17. The van der Waals surface area contributed by atoms with Crippen LogP contribution in [0.2, 0.25) is 5.02 Å². The van der Waals surface area contributed by atoms with E-state index in [4.69, 9.17) is 21.1 Å². The SMILES string of the molecule is C=CCOc1ccc(/C=N\NCc2ccc(Cl)cc2)cc1OC. The maximum absolute atomic E-state index is 5.85. The third-order valence-corrected chi connectivity index (χ3v) is 3.30. The lowest BCUT2D eigenvalue weighted by Gasteiger charge is -2.09. The van der Waals surface area contributed by atoms with Gasteiger partial charge in [-0.3, -0.25) is 0 Å². The Hall–Kier alpha value is -2.46. The van der Waals surface area contributed by atoms with E-state index in [1.54, 1.807) is 19.4 Å². The normalized spacial score (nSPS) is 10.5. The monoisotopic (exact) mass is 330 g/mol. The van der Waals surface area contributed by atoms with E-state index in [-0.39, 0.29) is 0 Å². The van der Waals surface area contributed by atoms with Crippen molar-refractivity contribution in [3.8, 4) is 11.5 Å². The summed E-state index contributed by atoms with van der Waals surface area (Å²) in [7, 11) is 1.61. The second-order valence-electron chi connectivity index (χ2n) is 4.73. The summed E-state index contributed by atoms with van der Waals surface area (Å²) in [6.45, 7) is 4.69. The van der Waals surface area contributed by atoms with E-state index in [0.717, 1.165) is 16.1 Å². The molecule has 0 radical (unpaired) electrons. The van der Waals surface area contributed by atoms with Gasteiger partial charge in [-0.05, 0) is 41.5 Å². The van der Waals surface area contributed by atoms with Gasteiger partial charge in [0.05, 0.1) is 19.9 Å². The van der Waals surface area contributed by atoms with Crippen molar-refractivity contribution >= 4 is 17.8 Å². The minimum Gasteiger partial charge on any atom is -0.493 e. The Balaban J connectivity index is 1.93. The van der Waals surface area contributed by atoms with E-state index < -0.39 is 0 Å². The van der Waals surface area contributed by atoms with Gasteiger partial charge < -0.3 is 14.9 Å². The number of benzene rings is 2. The van der Waals surface area contributed by atoms with Crippen LogP contribution in [-0.4, -0.2) is 19.9 Å². The largest absolute Gasteiger partial charge is 0.493 e. The van der Waals surface area contributed by atoms with Crippen molar-refractivity contribution in [1.82, 2.24) is 5.43 Å².